The molecule has 0 amide bonds. The smallest absolute Gasteiger partial charge is 0.405 e. The first-order valence-electron chi connectivity index (χ1n) is 6.27. The minimum Gasteiger partial charge on any atom is -0.618 e. The lowest BCUT2D eigenvalue weighted by Crippen LogP contribution is -2.25. The largest absolute Gasteiger partial charge is 0.618 e. The van der Waals surface area contributed by atoms with Crippen molar-refractivity contribution in [2.45, 2.75) is 0 Å². The molecule has 0 unspecified atom stereocenters. The summed E-state index contributed by atoms with van der Waals surface area (Å²) in [5.74, 6) is -0.792. The predicted octanol–water partition coefficient (Wildman–Crippen LogP) is 2.40. The molecule has 0 radical (unpaired) electrons. The molecule has 2 aromatic carbocycles. The molecule has 2 aromatic rings. The molecule has 0 bridgehead atoms. The summed E-state index contributed by atoms with van der Waals surface area (Å²) in [5, 5.41) is 23.1. The number of carbonyl (C=O) groups is 1. The van der Waals surface area contributed by atoms with Gasteiger partial charge in [-0.3, -0.25) is 10.1 Å². The minimum atomic E-state index is -0.792. The highest BCUT2D eigenvalue weighted by molar-refractivity contribution is 6.41. The van der Waals surface area contributed by atoms with Gasteiger partial charge >= 0.3 is 11.7 Å². The summed E-state index contributed by atoms with van der Waals surface area (Å²) in [5.41, 5.74) is 0.144. The number of benzene rings is 2. The standard InChI is InChI=1S/C15H12N2O5/c1-22-15(18)14(11-5-3-2-4-6-11)16(19)12-7-9-13(10-8-12)17(20)21/h2-10H,1H3/b16-14+. The Kier molecular flexibility index (Phi) is 4.47. The summed E-state index contributed by atoms with van der Waals surface area (Å²) < 4.78 is 5.04. The number of hydrogen-bond donors (Lipinski definition) is 0. The fourth-order valence-electron chi connectivity index (χ4n) is 1.85. The third-order valence-electron chi connectivity index (χ3n) is 2.92. The van der Waals surface area contributed by atoms with Gasteiger partial charge in [0.1, 0.15) is 0 Å². The highest BCUT2D eigenvalue weighted by atomic mass is 16.6. The first-order chi connectivity index (χ1) is 10.5. The number of nitro groups is 1. The third-order valence-corrected chi connectivity index (χ3v) is 2.92. The Morgan fingerprint density at radius 1 is 0.955 bits per heavy atom. The Bertz CT molecular complexity index is 723. The van der Waals surface area contributed by atoms with Crippen molar-refractivity contribution in [1.29, 1.82) is 0 Å². The van der Waals surface area contributed by atoms with E-state index in [0.717, 1.165) is 0 Å². The molecule has 0 N–H and O–H groups in total. The molecule has 0 aromatic heterocycles. The van der Waals surface area contributed by atoms with Crippen molar-refractivity contribution >= 4 is 23.1 Å². The summed E-state index contributed by atoms with van der Waals surface area (Å²) in [6.45, 7) is 0. The maximum Gasteiger partial charge on any atom is 0.405 e. The Morgan fingerprint density at radius 3 is 2.00 bits per heavy atom. The number of nitro benzene ring substituents is 1. The second kappa shape index (κ2) is 6.49. The van der Waals surface area contributed by atoms with E-state index in [1.165, 1.54) is 31.4 Å². The van der Waals surface area contributed by atoms with Gasteiger partial charge < -0.3 is 9.94 Å². The van der Waals surface area contributed by atoms with Gasteiger partial charge in [0.25, 0.3) is 5.69 Å². The van der Waals surface area contributed by atoms with Crippen LogP contribution in [-0.2, 0) is 9.53 Å². The van der Waals surface area contributed by atoms with E-state index < -0.39 is 10.9 Å². The zero-order valence-corrected chi connectivity index (χ0v) is 11.6. The lowest BCUT2D eigenvalue weighted by atomic mass is 10.1. The van der Waals surface area contributed by atoms with Gasteiger partial charge in [0.15, 0.2) is 0 Å². The Balaban J connectivity index is 2.54. The average molecular weight is 300 g/mol. The number of esters is 1. The Morgan fingerprint density at radius 2 is 1.50 bits per heavy atom. The van der Waals surface area contributed by atoms with Gasteiger partial charge in [-0.15, -0.1) is 0 Å². The van der Waals surface area contributed by atoms with E-state index in [0.29, 0.717) is 10.3 Å². The van der Waals surface area contributed by atoms with Crippen LogP contribution in [-0.4, -0.2) is 28.5 Å². The van der Waals surface area contributed by atoms with Crippen LogP contribution in [0.4, 0.5) is 11.4 Å². The van der Waals surface area contributed by atoms with E-state index >= 15 is 0 Å². The second-order valence-corrected chi connectivity index (χ2v) is 4.27. The quantitative estimate of drug-likeness (QED) is 0.216. The van der Waals surface area contributed by atoms with Gasteiger partial charge in [-0.2, -0.15) is 4.74 Å². The van der Waals surface area contributed by atoms with Crippen LogP contribution in [0.2, 0.25) is 0 Å². The van der Waals surface area contributed by atoms with Crippen LogP contribution in [0.1, 0.15) is 5.56 Å². The fraction of sp³-hybridized carbons (Fsp3) is 0.0667. The van der Waals surface area contributed by atoms with Crippen LogP contribution in [0.25, 0.3) is 0 Å². The van der Waals surface area contributed by atoms with Crippen molar-refractivity contribution < 1.29 is 19.2 Å². The molecule has 22 heavy (non-hydrogen) atoms. The van der Waals surface area contributed by atoms with Crippen molar-refractivity contribution in [3.63, 3.8) is 0 Å². The highest BCUT2D eigenvalue weighted by Crippen LogP contribution is 2.19. The minimum absolute atomic E-state index is 0.0925. The van der Waals surface area contributed by atoms with Crippen LogP contribution < -0.4 is 0 Å². The molecule has 112 valence electrons. The van der Waals surface area contributed by atoms with Crippen molar-refractivity contribution in [3.8, 4) is 0 Å². The van der Waals surface area contributed by atoms with Crippen LogP contribution >= 0.6 is 0 Å². The predicted molar refractivity (Wildman–Crippen MR) is 79.0 cm³/mol. The number of ether oxygens (including phenoxy) is 1. The summed E-state index contributed by atoms with van der Waals surface area (Å²) in [6, 6.07) is 13.3. The van der Waals surface area contributed by atoms with E-state index in [1.54, 1.807) is 30.3 Å². The third kappa shape index (κ3) is 3.09. The molecule has 0 aliphatic carbocycles. The summed E-state index contributed by atoms with van der Waals surface area (Å²) >= 11 is 0. The van der Waals surface area contributed by atoms with Gasteiger partial charge in [-0.05, 0) is 12.1 Å². The van der Waals surface area contributed by atoms with Gasteiger partial charge in [-0.1, -0.05) is 18.2 Å². The van der Waals surface area contributed by atoms with E-state index in [1.807, 2.05) is 0 Å². The highest BCUT2D eigenvalue weighted by Gasteiger charge is 2.25. The Hall–Kier alpha value is -3.22. The lowest BCUT2D eigenvalue weighted by Gasteiger charge is -2.09. The molecule has 0 aliphatic rings. The molecule has 0 spiro atoms. The molecule has 7 nitrogen and oxygen atoms in total. The SMILES string of the molecule is COC(=O)/C(c1ccccc1)=[N+](/[O-])c1ccc([N+](=O)[O-])cc1. The van der Waals surface area contributed by atoms with Crippen LogP contribution in [0.3, 0.4) is 0 Å². The molecule has 0 saturated carbocycles. The maximum atomic E-state index is 12.4. The zero-order valence-electron chi connectivity index (χ0n) is 11.6. The molecule has 0 atom stereocenters. The molecular formula is C15H12N2O5. The molecule has 0 aliphatic heterocycles. The molecule has 2 rings (SSSR count). The second-order valence-electron chi connectivity index (χ2n) is 4.27. The fourth-order valence-corrected chi connectivity index (χ4v) is 1.85. The number of nitrogens with zero attached hydrogens (tertiary/aromatic N) is 2. The number of rotatable bonds is 4. The molecule has 0 heterocycles. The van der Waals surface area contributed by atoms with Crippen molar-refractivity contribution in [2.75, 3.05) is 7.11 Å². The summed E-state index contributed by atoms with van der Waals surface area (Å²) in [6.07, 6.45) is 0. The topological polar surface area (TPSA) is 95.5 Å². The first kappa shape index (κ1) is 15.2. The average Bonchev–Trinajstić information content (AvgIpc) is 2.55. The molecule has 0 saturated heterocycles. The number of hydrogen-bond acceptors (Lipinski definition) is 5. The van der Waals surface area contributed by atoms with Crippen molar-refractivity contribution in [2.24, 2.45) is 0 Å². The van der Waals surface area contributed by atoms with Gasteiger partial charge in [-0.25, -0.2) is 4.79 Å². The normalized spacial score (nSPS) is 11.5. The first-order valence-corrected chi connectivity index (χ1v) is 6.27. The van der Waals surface area contributed by atoms with Gasteiger partial charge in [0.2, 0.25) is 5.69 Å². The lowest BCUT2D eigenvalue weighted by molar-refractivity contribution is -0.385. The zero-order chi connectivity index (χ0) is 16.1. The van der Waals surface area contributed by atoms with E-state index in [2.05, 4.69) is 4.74 Å². The molecule has 7 heteroatoms. The van der Waals surface area contributed by atoms with Crippen LogP contribution in [0.5, 0.6) is 0 Å². The van der Waals surface area contributed by atoms with E-state index in [9.17, 15) is 20.1 Å². The van der Waals surface area contributed by atoms with E-state index in [4.69, 9.17) is 0 Å². The Labute approximate surface area is 125 Å². The number of carbonyl (C=O) groups excluding carboxylic acids is 1. The maximum absolute atomic E-state index is 12.4. The van der Waals surface area contributed by atoms with Gasteiger partial charge in [0.05, 0.1) is 17.6 Å². The van der Waals surface area contributed by atoms with Crippen LogP contribution in [0, 0.1) is 15.3 Å². The summed E-state index contributed by atoms with van der Waals surface area (Å²) in [7, 11) is 1.18. The molecule has 0 fully saturated rings. The van der Waals surface area contributed by atoms with Crippen molar-refractivity contribution in [1.82, 2.24) is 0 Å². The van der Waals surface area contributed by atoms with Crippen LogP contribution in [0.15, 0.2) is 54.6 Å². The van der Waals surface area contributed by atoms with Crippen molar-refractivity contribution in [3.05, 3.63) is 75.5 Å². The summed E-state index contributed by atoms with van der Waals surface area (Å²) in [4.78, 5) is 22.0. The number of non-ortho nitro benzene ring substituents is 1. The molecular weight excluding hydrogens is 288 g/mol. The van der Waals surface area contributed by atoms with E-state index in [-0.39, 0.29) is 17.1 Å². The van der Waals surface area contributed by atoms with Gasteiger partial charge in [0, 0.05) is 24.3 Å². The number of methoxy groups -OCH3 is 1. The monoisotopic (exact) mass is 300 g/mol.